The molecule has 0 spiro atoms. The molecule has 2 N–H and O–H groups in total. The summed E-state index contributed by atoms with van der Waals surface area (Å²) in [6.07, 6.45) is -0.937. The second-order valence-electron chi connectivity index (χ2n) is 11.7. The van der Waals surface area contributed by atoms with Crippen molar-refractivity contribution >= 4 is 13.4 Å². The van der Waals surface area contributed by atoms with E-state index in [-0.39, 0.29) is 5.56 Å². The molecule has 0 heterocycles. The Morgan fingerprint density at radius 3 is 1.23 bits per heavy atom. The average molecular weight is 828 g/mol. The molecule has 0 bridgehead atoms. The highest BCUT2D eigenvalue weighted by Crippen LogP contribution is 2.71. The Balaban J connectivity index is 2.25. The van der Waals surface area contributed by atoms with Crippen molar-refractivity contribution in [3.8, 4) is 0 Å². The van der Waals surface area contributed by atoms with Crippen molar-refractivity contribution in [3.05, 3.63) is 158 Å². The van der Waals surface area contributed by atoms with Crippen LogP contribution in [-0.4, -0.2) is 17.4 Å². The lowest BCUT2D eigenvalue weighted by atomic mass is 9.54. The van der Waals surface area contributed by atoms with Crippen LogP contribution in [0.5, 0.6) is 0 Å². The summed E-state index contributed by atoms with van der Waals surface area (Å²) >= 11 is 0. The number of rotatable bonds is 8. The van der Waals surface area contributed by atoms with E-state index in [2.05, 4.69) is 11.2 Å². The third kappa shape index (κ3) is 5.44. The van der Waals surface area contributed by atoms with Gasteiger partial charge in [-0.3, -0.25) is 0 Å². The fourth-order valence-corrected chi connectivity index (χ4v) is 6.48. The first kappa shape index (κ1) is 42.1. The summed E-state index contributed by atoms with van der Waals surface area (Å²) in [5.74, 6) is -65.2. The number of halogens is 19. The normalized spacial score (nSPS) is 22.6. The molecule has 0 aliphatic heterocycles. The van der Waals surface area contributed by atoms with E-state index < -0.39 is 158 Å². The van der Waals surface area contributed by atoms with Crippen molar-refractivity contribution < 1.29 is 98.1 Å². The number of benzene rings is 4. The van der Waals surface area contributed by atoms with Crippen LogP contribution in [0.15, 0.2) is 42.5 Å². The summed E-state index contributed by atoms with van der Waals surface area (Å²) in [5.41, 5.74) is -31.7. The van der Waals surface area contributed by atoms with Gasteiger partial charge in [0.05, 0.1) is 22.6 Å². The zero-order valence-electron chi connectivity index (χ0n) is 26.4. The van der Waals surface area contributed by atoms with E-state index in [9.17, 15) is 49.6 Å². The molecule has 0 saturated carbocycles. The Labute approximate surface area is 298 Å². The van der Waals surface area contributed by atoms with E-state index in [0.717, 1.165) is 18.2 Å². The molecule has 5 rings (SSSR count). The molecule has 0 saturated heterocycles. The van der Waals surface area contributed by atoms with Crippen molar-refractivity contribution in [1.82, 2.24) is 0 Å². The molecule has 4 aromatic rings. The highest BCUT2D eigenvalue weighted by molar-refractivity contribution is 6.33. The van der Waals surface area contributed by atoms with Gasteiger partial charge in [-0.15, -0.1) is 0 Å². The molecular formula is C33H12BF19O3. The van der Waals surface area contributed by atoms with Crippen LogP contribution in [0.2, 0.25) is 0 Å². The van der Waals surface area contributed by atoms with Gasteiger partial charge < -0.3 is 14.7 Å². The zero-order chi connectivity index (χ0) is 42.3. The Morgan fingerprint density at radius 2 is 0.875 bits per heavy atom. The quantitative estimate of drug-likeness (QED) is 0.0807. The topological polar surface area (TPSA) is 49.7 Å². The molecule has 0 fully saturated rings. The smallest absolute Gasteiger partial charge is 0.402 e. The number of allylic oxidation sites excluding steroid dienone is 1. The van der Waals surface area contributed by atoms with E-state index in [1.165, 1.54) is 0 Å². The van der Waals surface area contributed by atoms with E-state index >= 15 is 43.9 Å². The van der Waals surface area contributed by atoms with Gasteiger partial charge in [-0.1, -0.05) is 36.9 Å². The van der Waals surface area contributed by atoms with Crippen LogP contribution in [0, 0.1) is 93.2 Å². The van der Waals surface area contributed by atoms with Crippen LogP contribution >= 0.6 is 0 Å². The molecule has 298 valence electrons. The summed E-state index contributed by atoms with van der Waals surface area (Å²) in [7, 11) is -4.43. The van der Waals surface area contributed by atoms with Crippen molar-refractivity contribution in [2.24, 2.45) is 5.92 Å². The lowest BCUT2D eigenvalue weighted by Gasteiger charge is -2.56. The van der Waals surface area contributed by atoms with Crippen molar-refractivity contribution in [1.29, 1.82) is 0 Å². The SMILES string of the molecule is C=Cc1ccc(CC2C(F)=C(F)C(OB(O)O)(c3c(F)c(F)c(F)c(F)c3F)C(F)(c3c(F)c(F)c(F)c(F)c3F)C2(F)c2c(F)c(F)c(F)c(F)c2F)cc1. The second-order valence-corrected chi connectivity index (χ2v) is 11.7. The van der Waals surface area contributed by atoms with Gasteiger partial charge in [0.1, 0.15) is 5.83 Å². The van der Waals surface area contributed by atoms with E-state index in [1.54, 1.807) is 0 Å². The molecular weight excluding hydrogens is 816 g/mol. The lowest BCUT2D eigenvalue weighted by molar-refractivity contribution is -0.223. The Kier molecular flexibility index (Phi) is 10.7. The first-order chi connectivity index (χ1) is 25.9. The predicted octanol–water partition coefficient (Wildman–Crippen LogP) is 9.35. The van der Waals surface area contributed by atoms with Crippen LogP contribution in [0.4, 0.5) is 83.4 Å². The maximum Gasteiger partial charge on any atom is 0.635 e. The van der Waals surface area contributed by atoms with Crippen LogP contribution < -0.4 is 0 Å². The van der Waals surface area contributed by atoms with Crippen molar-refractivity contribution in [2.45, 2.75) is 23.4 Å². The first-order valence-electron chi connectivity index (χ1n) is 14.7. The standard InChI is InChI=1S/C33H12BF19O3/c1-2-8-3-5-9(6-4-8)7-10-14(35)30(51)32(56-34(54)55,12-17(38)23(44)28(49)24(45)18(12)39)33(53,13-19(40)25(46)29(50)26(47)20(13)41)31(10,52)11-15(36)21(42)27(48)22(43)16(11)37/h2-6,10,54-55H,1,7H2. The molecule has 3 nitrogen and oxygen atoms in total. The minimum atomic E-state index is -6.96. The molecule has 23 heteroatoms. The fourth-order valence-electron chi connectivity index (χ4n) is 6.48. The maximum absolute atomic E-state index is 18.9. The van der Waals surface area contributed by atoms with E-state index in [1.807, 2.05) is 0 Å². The van der Waals surface area contributed by atoms with Crippen LogP contribution in [0.3, 0.4) is 0 Å². The molecule has 4 atom stereocenters. The zero-order valence-corrected chi connectivity index (χ0v) is 26.4. The lowest BCUT2D eigenvalue weighted by Crippen LogP contribution is -2.67. The molecule has 1 aliphatic rings. The van der Waals surface area contributed by atoms with Crippen LogP contribution in [0.25, 0.3) is 6.08 Å². The number of alkyl halides is 2. The summed E-state index contributed by atoms with van der Waals surface area (Å²) in [4.78, 5) is 0. The Morgan fingerprint density at radius 1 is 0.536 bits per heavy atom. The third-order valence-corrected chi connectivity index (χ3v) is 8.92. The molecule has 1 aliphatic carbocycles. The van der Waals surface area contributed by atoms with Gasteiger partial charge >= 0.3 is 7.32 Å². The highest BCUT2D eigenvalue weighted by atomic mass is 19.2. The third-order valence-electron chi connectivity index (χ3n) is 8.92. The second kappa shape index (κ2) is 14.2. The molecule has 0 radical (unpaired) electrons. The van der Waals surface area contributed by atoms with E-state index in [0.29, 0.717) is 12.1 Å². The maximum atomic E-state index is 18.9. The van der Waals surface area contributed by atoms with Crippen LogP contribution in [-0.2, 0) is 28.0 Å². The number of hydrogen-bond donors (Lipinski definition) is 2. The Hall–Kier alpha value is -5.03. The van der Waals surface area contributed by atoms with Gasteiger partial charge in [0.25, 0.3) is 0 Å². The predicted molar refractivity (Wildman–Crippen MR) is 150 cm³/mol. The number of hydrogen-bond acceptors (Lipinski definition) is 3. The fraction of sp³-hybridized carbons (Fsp3) is 0.152. The van der Waals surface area contributed by atoms with Gasteiger partial charge in [0.2, 0.25) is 23.1 Å². The summed E-state index contributed by atoms with van der Waals surface area (Å²) < 4.78 is 301. The minimum Gasteiger partial charge on any atom is -0.402 e. The molecule has 4 unspecified atom stereocenters. The summed E-state index contributed by atoms with van der Waals surface area (Å²) in [6, 6.07) is 3.30. The highest BCUT2D eigenvalue weighted by Gasteiger charge is 2.81. The van der Waals surface area contributed by atoms with E-state index in [4.69, 9.17) is 0 Å². The molecule has 4 aromatic carbocycles. The molecule has 56 heavy (non-hydrogen) atoms. The van der Waals surface area contributed by atoms with Crippen molar-refractivity contribution in [2.75, 3.05) is 0 Å². The first-order valence-corrected chi connectivity index (χ1v) is 14.7. The van der Waals surface area contributed by atoms with Gasteiger partial charge in [0, 0.05) is 0 Å². The molecule has 0 amide bonds. The monoisotopic (exact) mass is 828 g/mol. The summed E-state index contributed by atoms with van der Waals surface area (Å²) in [5, 5.41) is 19.4. The van der Waals surface area contributed by atoms with Crippen molar-refractivity contribution in [3.63, 3.8) is 0 Å². The van der Waals surface area contributed by atoms with Gasteiger partial charge in [-0.25, -0.2) is 83.4 Å². The Bertz CT molecular complexity index is 2270. The minimum absolute atomic E-state index is 0.0998. The molecule has 0 aromatic heterocycles. The summed E-state index contributed by atoms with van der Waals surface area (Å²) in [6.45, 7) is 3.33. The van der Waals surface area contributed by atoms with Gasteiger partial charge in [-0.2, -0.15) is 0 Å². The van der Waals surface area contributed by atoms with Crippen LogP contribution in [0.1, 0.15) is 27.8 Å². The van der Waals surface area contributed by atoms with Gasteiger partial charge in [0.15, 0.2) is 86.9 Å². The average Bonchev–Trinajstić information content (AvgIpc) is 3.16. The van der Waals surface area contributed by atoms with Gasteiger partial charge in [-0.05, 0) is 17.5 Å². The largest absolute Gasteiger partial charge is 0.635 e.